The van der Waals surface area contributed by atoms with Gasteiger partial charge >= 0.3 is 0 Å². The van der Waals surface area contributed by atoms with Crippen molar-refractivity contribution in [2.45, 2.75) is 13.5 Å². The largest absolute Gasteiger partial charge is 0.394 e. The van der Waals surface area contributed by atoms with Gasteiger partial charge in [0.1, 0.15) is 5.82 Å². The summed E-state index contributed by atoms with van der Waals surface area (Å²) in [6.07, 6.45) is 0. The van der Waals surface area contributed by atoms with E-state index in [1.807, 2.05) is 0 Å². The van der Waals surface area contributed by atoms with E-state index in [0.29, 0.717) is 23.6 Å². The van der Waals surface area contributed by atoms with Crippen molar-refractivity contribution < 1.29 is 10.0 Å². The van der Waals surface area contributed by atoms with E-state index in [-0.39, 0.29) is 12.3 Å². The van der Waals surface area contributed by atoms with E-state index in [4.69, 9.17) is 10.8 Å². The lowest BCUT2D eigenvalue weighted by molar-refractivity contribution is -0.384. The van der Waals surface area contributed by atoms with Crippen molar-refractivity contribution >= 4 is 11.5 Å². The fourth-order valence-corrected chi connectivity index (χ4v) is 1.86. The topological polar surface area (TPSA) is 107 Å². The highest BCUT2D eigenvalue weighted by molar-refractivity contribution is 5.66. The van der Waals surface area contributed by atoms with E-state index in [2.05, 4.69) is 5.10 Å². The molecule has 2 aromatic rings. The molecule has 7 heteroatoms. The number of nitro groups is 1. The summed E-state index contributed by atoms with van der Waals surface area (Å²) in [7, 11) is 0. The molecule has 0 unspecified atom stereocenters. The maximum Gasteiger partial charge on any atom is 0.270 e. The first-order chi connectivity index (χ1) is 9.01. The predicted molar refractivity (Wildman–Crippen MR) is 70.6 cm³/mol. The molecule has 0 saturated heterocycles. The molecule has 7 nitrogen and oxygen atoms in total. The van der Waals surface area contributed by atoms with Gasteiger partial charge < -0.3 is 10.8 Å². The molecule has 1 aromatic heterocycles. The van der Waals surface area contributed by atoms with Crippen molar-refractivity contribution in [2.75, 3.05) is 12.3 Å². The third-order valence-electron chi connectivity index (χ3n) is 2.69. The summed E-state index contributed by atoms with van der Waals surface area (Å²) in [6.45, 7) is 2.00. The molecule has 0 spiro atoms. The maximum absolute atomic E-state index is 10.8. The predicted octanol–water partition coefficient (Wildman–Crippen LogP) is 1.34. The molecular formula is C12H14N4O3. The van der Waals surface area contributed by atoms with E-state index < -0.39 is 4.92 Å². The van der Waals surface area contributed by atoms with Crippen LogP contribution in [0.5, 0.6) is 0 Å². The Hall–Kier alpha value is -2.41. The number of benzene rings is 1. The Bertz CT molecular complexity index is 621. The van der Waals surface area contributed by atoms with E-state index in [1.165, 1.54) is 16.8 Å². The molecule has 2 rings (SSSR count). The second kappa shape index (κ2) is 5.07. The second-order valence-electron chi connectivity index (χ2n) is 4.22. The molecule has 3 N–H and O–H groups in total. The van der Waals surface area contributed by atoms with Crippen molar-refractivity contribution in [3.05, 3.63) is 39.9 Å². The summed E-state index contributed by atoms with van der Waals surface area (Å²) in [5, 5.41) is 23.9. The average Bonchev–Trinajstić information content (AvgIpc) is 2.71. The number of aromatic nitrogens is 2. The Morgan fingerprint density at radius 2 is 2.16 bits per heavy atom. The monoisotopic (exact) mass is 262 g/mol. The average molecular weight is 262 g/mol. The first-order valence-electron chi connectivity index (χ1n) is 5.72. The normalized spacial score (nSPS) is 10.6. The number of nitro benzene ring substituents is 1. The van der Waals surface area contributed by atoms with Gasteiger partial charge in [-0.25, -0.2) is 4.68 Å². The molecule has 1 heterocycles. The molecule has 0 aliphatic heterocycles. The zero-order valence-corrected chi connectivity index (χ0v) is 10.4. The van der Waals surface area contributed by atoms with Crippen LogP contribution in [0, 0.1) is 17.0 Å². The van der Waals surface area contributed by atoms with Crippen LogP contribution in [0.3, 0.4) is 0 Å². The van der Waals surface area contributed by atoms with E-state index in [1.54, 1.807) is 19.1 Å². The van der Waals surface area contributed by atoms with Gasteiger partial charge in [-0.2, -0.15) is 5.10 Å². The summed E-state index contributed by atoms with van der Waals surface area (Å²) < 4.78 is 1.46. The number of aryl methyl sites for hydroxylation is 1. The standard InChI is InChI=1S/C12H14N4O3/c1-8-4-9(6-10(5-8)16(18)19)11-7-12(13)15(14-11)2-3-17/h4-7,17H,2-3,13H2,1H3. The molecule has 0 amide bonds. The van der Waals surface area contributed by atoms with Crippen molar-refractivity contribution in [2.24, 2.45) is 0 Å². The maximum atomic E-state index is 10.8. The number of nitrogens with two attached hydrogens (primary N) is 1. The van der Waals surface area contributed by atoms with Crippen molar-refractivity contribution in [3.63, 3.8) is 0 Å². The van der Waals surface area contributed by atoms with Gasteiger partial charge in [0, 0.05) is 23.8 Å². The van der Waals surface area contributed by atoms with Gasteiger partial charge in [-0.15, -0.1) is 0 Å². The SMILES string of the molecule is Cc1cc(-c2cc(N)n(CCO)n2)cc([N+](=O)[O-])c1. The van der Waals surface area contributed by atoms with Crippen LogP contribution in [0.4, 0.5) is 11.5 Å². The van der Waals surface area contributed by atoms with Crippen LogP contribution >= 0.6 is 0 Å². The minimum absolute atomic E-state index is 0.0188. The van der Waals surface area contributed by atoms with Gasteiger partial charge in [0.25, 0.3) is 5.69 Å². The highest BCUT2D eigenvalue weighted by atomic mass is 16.6. The third-order valence-corrected chi connectivity index (χ3v) is 2.69. The van der Waals surface area contributed by atoms with E-state index in [9.17, 15) is 10.1 Å². The third kappa shape index (κ3) is 2.71. The van der Waals surface area contributed by atoms with Gasteiger partial charge in [0.05, 0.1) is 23.8 Å². The Balaban J connectivity index is 2.46. The highest BCUT2D eigenvalue weighted by Gasteiger charge is 2.12. The quantitative estimate of drug-likeness (QED) is 0.638. The number of aliphatic hydroxyl groups excluding tert-OH is 1. The van der Waals surface area contributed by atoms with Crippen LogP contribution in [-0.2, 0) is 6.54 Å². The number of anilines is 1. The van der Waals surface area contributed by atoms with Gasteiger partial charge in [-0.1, -0.05) is 0 Å². The molecule has 0 bridgehead atoms. The number of aliphatic hydroxyl groups is 1. The number of nitrogens with zero attached hydrogens (tertiary/aromatic N) is 3. The molecule has 0 aliphatic rings. The van der Waals surface area contributed by atoms with Gasteiger partial charge in [-0.05, 0) is 18.6 Å². The number of hydrogen-bond acceptors (Lipinski definition) is 5. The molecule has 0 aliphatic carbocycles. The zero-order chi connectivity index (χ0) is 14.0. The minimum Gasteiger partial charge on any atom is -0.394 e. The summed E-state index contributed by atoms with van der Waals surface area (Å²) in [4.78, 5) is 10.4. The van der Waals surface area contributed by atoms with Crippen LogP contribution in [0.1, 0.15) is 5.56 Å². The van der Waals surface area contributed by atoms with E-state index >= 15 is 0 Å². The number of nitrogen functional groups attached to an aromatic ring is 1. The van der Waals surface area contributed by atoms with Crippen LogP contribution in [0.2, 0.25) is 0 Å². The summed E-state index contributed by atoms with van der Waals surface area (Å²) in [5.74, 6) is 0.410. The molecule has 0 fully saturated rings. The lowest BCUT2D eigenvalue weighted by Crippen LogP contribution is -2.07. The van der Waals surface area contributed by atoms with Gasteiger partial charge in [-0.3, -0.25) is 10.1 Å². The molecule has 100 valence electrons. The van der Waals surface area contributed by atoms with Crippen molar-refractivity contribution in [1.29, 1.82) is 0 Å². The molecule has 0 radical (unpaired) electrons. The smallest absolute Gasteiger partial charge is 0.270 e. The summed E-state index contributed by atoms with van der Waals surface area (Å²) in [5.41, 5.74) is 7.74. The van der Waals surface area contributed by atoms with E-state index in [0.717, 1.165) is 5.56 Å². The van der Waals surface area contributed by atoms with Crippen molar-refractivity contribution in [1.82, 2.24) is 9.78 Å². The first kappa shape index (κ1) is 13.0. The number of rotatable bonds is 4. The summed E-state index contributed by atoms with van der Waals surface area (Å²) in [6, 6.07) is 6.39. The van der Waals surface area contributed by atoms with Crippen LogP contribution in [-0.4, -0.2) is 26.4 Å². The fourth-order valence-electron chi connectivity index (χ4n) is 1.86. The summed E-state index contributed by atoms with van der Waals surface area (Å²) >= 11 is 0. The van der Waals surface area contributed by atoms with Crippen molar-refractivity contribution in [3.8, 4) is 11.3 Å². The molecule has 1 aromatic carbocycles. The second-order valence-corrected chi connectivity index (χ2v) is 4.22. The minimum atomic E-state index is -0.440. The number of hydrogen-bond donors (Lipinski definition) is 2. The van der Waals surface area contributed by atoms with Gasteiger partial charge in [0.2, 0.25) is 0 Å². The lowest BCUT2D eigenvalue weighted by Gasteiger charge is -2.01. The Morgan fingerprint density at radius 3 is 2.79 bits per heavy atom. The Morgan fingerprint density at radius 1 is 1.42 bits per heavy atom. The molecular weight excluding hydrogens is 248 g/mol. The first-order valence-corrected chi connectivity index (χ1v) is 5.72. The molecule has 0 saturated carbocycles. The fraction of sp³-hybridized carbons (Fsp3) is 0.250. The van der Waals surface area contributed by atoms with Crippen LogP contribution in [0.25, 0.3) is 11.3 Å². The van der Waals surface area contributed by atoms with Crippen LogP contribution < -0.4 is 5.73 Å². The molecule has 0 atom stereocenters. The Labute approximate surface area is 109 Å². The van der Waals surface area contributed by atoms with Crippen LogP contribution in [0.15, 0.2) is 24.3 Å². The zero-order valence-electron chi connectivity index (χ0n) is 10.4. The highest BCUT2D eigenvalue weighted by Crippen LogP contribution is 2.26. The Kier molecular flexibility index (Phi) is 3.48. The number of non-ortho nitro benzene ring substituents is 1. The molecule has 19 heavy (non-hydrogen) atoms. The lowest BCUT2D eigenvalue weighted by atomic mass is 10.1. The van der Waals surface area contributed by atoms with Gasteiger partial charge in [0.15, 0.2) is 0 Å².